The van der Waals surface area contributed by atoms with Crippen molar-refractivity contribution in [1.82, 2.24) is 0 Å². The molecule has 1 aliphatic carbocycles. The van der Waals surface area contributed by atoms with Gasteiger partial charge in [-0.05, 0) is 52.9 Å². The molecule has 2 rings (SSSR count). The highest BCUT2D eigenvalue weighted by Crippen LogP contribution is 2.35. The number of anilines is 1. The first kappa shape index (κ1) is 12.4. The minimum atomic E-state index is 0.365. The largest absolute Gasteiger partial charge is 0.383 e. The number of methoxy groups -OCH3 is 1. The Hall–Kier alpha value is -1.05. The number of rotatable bonds is 5. The van der Waals surface area contributed by atoms with E-state index in [0.29, 0.717) is 11.6 Å². The summed E-state index contributed by atoms with van der Waals surface area (Å²) in [5, 5.41) is 12.3. The van der Waals surface area contributed by atoms with E-state index in [0.717, 1.165) is 22.7 Å². The van der Waals surface area contributed by atoms with Crippen molar-refractivity contribution >= 4 is 21.6 Å². The van der Waals surface area contributed by atoms with Crippen LogP contribution in [0.3, 0.4) is 0 Å². The summed E-state index contributed by atoms with van der Waals surface area (Å²) in [5.74, 6) is 0.720. The molecule has 1 atom stereocenters. The van der Waals surface area contributed by atoms with Gasteiger partial charge in [0.1, 0.15) is 0 Å². The van der Waals surface area contributed by atoms with E-state index in [1.807, 2.05) is 18.2 Å². The van der Waals surface area contributed by atoms with Crippen molar-refractivity contribution in [3.8, 4) is 6.07 Å². The average molecular weight is 295 g/mol. The van der Waals surface area contributed by atoms with Crippen LogP contribution in [0, 0.1) is 17.2 Å². The second-order valence-electron chi connectivity index (χ2n) is 4.35. The maximum Gasteiger partial charge on any atom is 0.0992 e. The van der Waals surface area contributed by atoms with Crippen molar-refractivity contribution in [3.05, 3.63) is 28.2 Å². The van der Waals surface area contributed by atoms with E-state index >= 15 is 0 Å². The Balaban J connectivity index is 2.09. The van der Waals surface area contributed by atoms with E-state index < -0.39 is 0 Å². The zero-order valence-corrected chi connectivity index (χ0v) is 11.3. The monoisotopic (exact) mass is 294 g/mol. The van der Waals surface area contributed by atoms with Crippen molar-refractivity contribution in [3.63, 3.8) is 0 Å². The molecule has 0 aliphatic heterocycles. The van der Waals surface area contributed by atoms with Crippen LogP contribution in [0.5, 0.6) is 0 Å². The van der Waals surface area contributed by atoms with Gasteiger partial charge in [-0.1, -0.05) is 0 Å². The molecule has 0 aromatic heterocycles. The number of nitrogens with one attached hydrogen (secondary N) is 1. The molecule has 1 fully saturated rings. The summed E-state index contributed by atoms with van der Waals surface area (Å²) in [4.78, 5) is 0. The Labute approximate surface area is 110 Å². The summed E-state index contributed by atoms with van der Waals surface area (Å²) in [6.45, 7) is 0.719. The van der Waals surface area contributed by atoms with Crippen molar-refractivity contribution in [2.75, 3.05) is 19.0 Å². The van der Waals surface area contributed by atoms with Gasteiger partial charge in [0.15, 0.2) is 0 Å². The standard InChI is InChI=1S/C13H15BrN2O/c1-17-8-13(10-3-4-10)16-12-5-2-9(7-15)6-11(12)14/h2,5-6,10,13,16H,3-4,8H2,1H3. The molecule has 1 aromatic rings. The molecule has 1 aliphatic rings. The zero-order chi connectivity index (χ0) is 12.3. The quantitative estimate of drug-likeness (QED) is 0.907. The molecule has 90 valence electrons. The average Bonchev–Trinajstić information content (AvgIpc) is 3.14. The van der Waals surface area contributed by atoms with Gasteiger partial charge >= 0.3 is 0 Å². The van der Waals surface area contributed by atoms with Crippen molar-refractivity contribution < 1.29 is 4.74 Å². The first-order valence-electron chi connectivity index (χ1n) is 5.69. The van der Waals surface area contributed by atoms with Gasteiger partial charge in [0.05, 0.1) is 24.3 Å². The fourth-order valence-electron chi connectivity index (χ4n) is 1.88. The fourth-order valence-corrected chi connectivity index (χ4v) is 2.37. The highest BCUT2D eigenvalue weighted by Gasteiger charge is 2.31. The van der Waals surface area contributed by atoms with Crippen LogP contribution in [0.2, 0.25) is 0 Å². The minimum Gasteiger partial charge on any atom is -0.383 e. The Morgan fingerprint density at radius 2 is 2.35 bits per heavy atom. The van der Waals surface area contributed by atoms with Crippen LogP contribution in [-0.2, 0) is 4.74 Å². The smallest absolute Gasteiger partial charge is 0.0992 e. The van der Waals surface area contributed by atoms with Crippen molar-refractivity contribution in [2.45, 2.75) is 18.9 Å². The van der Waals surface area contributed by atoms with E-state index in [1.54, 1.807) is 7.11 Å². The molecule has 1 saturated carbocycles. The number of ether oxygens (including phenoxy) is 1. The molecule has 0 saturated heterocycles. The Morgan fingerprint density at radius 1 is 1.59 bits per heavy atom. The van der Waals surface area contributed by atoms with Crippen LogP contribution in [0.4, 0.5) is 5.69 Å². The third kappa shape index (κ3) is 3.21. The van der Waals surface area contributed by atoms with Crippen molar-refractivity contribution in [1.29, 1.82) is 5.26 Å². The SMILES string of the molecule is COCC(Nc1ccc(C#N)cc1Br)C1CC1. The van der Waals surface area contributed by atoms with Crippen LogP contribution in [0.1, 0.15) is 18.4 Å². The molecule has 0 bridgehead atoms. The summed E-state index contributed by atoms with van der Waals surface area (Å²) in [6, 6.07) is 8.09. The van der Waals surface area contributed by atoms with E-state index in [9.17, 15) is 0 Å². The fraction of sp³-hybridized carbons (Fsp3) is 0.462. The Bertz CT molecular complexity index is 438. The number of nitriles is 1. The summed E-state index contributed by atoms with van der Waals surface area (Å²) < 4.78 is 6.16. The number of halogens is 1. The molecular weight excluding hydrogens is 280 g/mol. The molecule has 0 heterocycles. The number of benzene rings is 1. The summed E-state index contributed by atoms with van der Waals surface area (Å²) >= 11 is 3.48. The van der Waals surface area contributed by atoms with E-state index in [-0.39, 0.29) is 0 Å². The van der Waals surface area contributed by atoms with Crippen LogP contribution < -0.4 is 5.32 Å². The lowest BCUT2D eigenvalue weighted by molar-refractivity contribution is 0.179. The van der Waals surface area contributed by atoms with E-state index in [2.05, 4.69) is 27.3 Å². The summed E-state index contributed by atoms with van der Waals surface area (Å²) in [7, 11) is 1.73. The van der Waals surface area contributed by atoms with Gasteiger partial charge in [-0.15, -0.1) is 0 Å². The topological polar surface area (TPSA) is 45.0 Å². The first-order chi connectivity index (χ1) is 8.24. The van der Waals surface area contributed by atoms with Crippen LogP contribution in [-0.4, -0.2) is 19.8 Å². The Morgan fingerprint density at radius 3 is 2.88 bits per heavy atom. The molecule has 17 heavy (non-hydrogen) atoms. The van der Waals surface area contributed by atoms with Crippen LogP contribution >= 0.6 is 15.9 Å². The normalized spacial score (nSPS) is 16.3. The number of nitrogens with zero attached hydrogens (tertiary/aromatic N) is 1. The third-order valence-electron chi connectivity index (χ3n) is 2.98. The summed E-state index contributed by atoms with van der Waals surface area (Å²) in [6.07, 6.45) is 2.55. The van der Waals surface area contributed by atoms with Gasteiger partial charge in [-0.3, -0.25) is 0 Å². The number of hydrogen-bond acceptors (Lipinski definition) is 3. The van der Waals surface area contributed by atoms with Gasteiger partial charge in [0.25, 0.3) is 0 Å². The molecule has 4 heteroatoms. The highest BCUT2D eigenvalue weighted by molar-refractivity contribution is 9.10. The maximum absolute atomic E-state index is 8.81. The van der Waals surface area contributed by atoms with Gasteiger partial charge in [-0.25, -0.2) is 0 Å². The Kier molecular flexibility index (Phi) is 4.03. The predicted octanol–water partition coefficient (Wildman–Crippen LogP) is 3.16. The van der Waals surface area contributed by atoms with Gasteiger partial charge in [0.2, 0.25) is 0 Å². The highest BCUT2D eigenvalue weighted by atomic mass is 79.9. The lowest BCUT2D eigenvalue weighted by Crippen LogP contribution is -2.27. The third-order valence-corrected chi connectivity index (χ3v) is 3.63. The molecule has 0 radical (unpaired) electrons. The first-order valence-corrected chi connectivity index (χ1v) is 6.49. The predicted molar refractivity (Wildman–Crippen MR) is 70.9 cm³/mol. The second kappa shape index (κ2) is 5.52. The second-order valence-corrected chi connectivity index (χ2v) is 5.20. The molecule has 1 N–H and O–H groups in total. The molecule has 1 unspecified atom stereocenters. The van der Waals surface area contributed by atoms with Gasteiger partial charge in [0, 0.05) is 17.3 Å². The van der Waals surface area contributed by atoms with E-state index in [1.165, 1.54) is 12.8 Å². The molecule has 3 nitrogen and oxygen atoms in total. The van der Waals surface area contributed by atoms with Crippen molar-refractivity contribution in [2.24, 2.45) is 5.92 Å². The molecule has 0 spiro atoms. The lowest BCUT2D eigenvalue weighted by Gasteiger charge is -2.19. The van der Waals surface area contributed by atoms with Crippen LogP contribution in [0.25, 0.3) is 0 Å². The number of hydrogen-bond donors (Lipinski definition) is 1. The lowest BCUT2D eigenvalue weighted by atomic mass is 10.1. The molecule has 1 aromatic carbocycles. The van der Waals surface area contributed by atoms with Crippen LogP contribution in [0.15, 0.2) is 22.7 Å². The minimum absolute atomic E-state index is 0.365. The summed E-state index contributed by atoms with van der Waals surface area (Å²) in [5.41, 5.74) is 1.69. The molecule has 0 amide bonds. The van der Waals surface area contributed by atoms with Gasteiger partial charge < -0.3 is 10.1 Å². The zero-order valence-electron chi connectivity index (χ0n) is 9.74. The van der Waals surface area contributed by atoms with Gasteiger partial charge in [-0.2, -0.15) is 5.26 Å². The van der Waals surface area contributed by atoms with E-state index in [4.69, 9.17) is 10.00 Å². The molecular formula is C13H15BrN2O. The maximum atomic E-state index is 8.81.